The van der Waals surface area contributed by atoms with Crippen molar-refractivity contribution in [2.75, 3.05) is 17.7 Å². The SMILES string of the molecule is CNc1cc(C(=O)Nc2ccc(I)cc2)c(Cl)cn1. The number of pyridine rings is 1. The summed E-state index contributed by atoms with van der Waals surface area (Å²) in [6.45, 7) is 0. The molecule has 1 aromatic heterocycles. The van der Waals surface area contributed by atoms with E-state index < -0.39 is 0 Å². The summed E-state index contributed by atoms with van der Waals surface area (Å²) in [4.78, 5) is 16.2. The van der Waals surface area contributed by atoms with Crippen LogP contribution < -0.4 is 10.6 Å². The number of anilines is 2. The molecule has 19 heavy (non-hydrogen) atoms. The highest BCUT2D eigenvalue weighted by Gasteiger charge is 2.12. The van der Waals surface area contributed by atoms with Crippen molar-refractivity contribution in [1.82, 2.24) is 4.98 Å². The third-order valence-electron chi connectivity index (χ3n) is 2.46. The summed E-state index contributed by atoms with van der Waals surface area (Å²) in [6, 6.07) is 9.14. The molecule has 4 nitrogen and oxygen atoms in total. The molecule has 0 saturated heterocycles. The standard InChI is InChI=1S/C13H11ClIN3O/c1-16-12-6-10(11(14)7-17-12)13(19)18-9-4-2-8(15)3-5-9/h2-7H,1H3,(H,16,17)(H,18,19). The van der Waals surface area contributed by atoms with Crippen LogP contribution in [0.15, 0.2) is 36.5 Å². The van der Waals surface area contributed by atoms with Gasteiger partial charge in [0.15, 0.2) is 0 Å². The first kappa shape index (κ1) is 14.1. The van der Waals surface area contributed by atoms with Gasteiger partial charge >= 0.3 is 0 Å². The van der Waals surface area contributed by atoms with E-state index in [1.807, 2.05) is 24.3 Å². The first-order valence-electron chi connectivity index (χ1n) is 5.50. The minimum Gasteiger partial charge on any atom is -0.373 e. The highest BCUT2D eigenvalue weighted by Crippen LogP contribution is 2.20. The molecule has 2 rings (SSSR count). The molecule has 0 saturated carbocycles. The van der Waals surface area contributed by atoms with Crippen LogP contribution in [-0.2, 0) is 0 Å². The van der Waals surface area contributed by atoms with E-state index in [1.165, 1.54) is 6.20 Å². The maximum atomic E-state index is 12.1. The molecule has 1 amide bonds. The Morgan fingerprint density at radius 3 is 2.63 bits per heavy atom. The summed E-state index contributed by atoms with van der Waals surface area (Å²) in [5, 5.41) is 5.99. The van der Waals surface area contributed by atoms with Crippen molar-refractivity contribution in [2.24, 2.45) is 0 Å². The Balaban J connectivity index is 2.22. The van der Waals surface area contributed by atoms with Crippen LogP contribution in [0.4, 0.5) is 11.5 Å². The van der Waals surface area contributed by atoms with E-state index in [1.54, 1.807) is 13.1 Å². The van der Waals surface area contributed by atoms with Crippen molar-refractivity contribution in [1.29, 1.82) is 0 Å². The van der Waals surface area contributed by atoms with E-state index in [-0.39, 0.29) is 5.91 Å². The van der Waals surface area contributed by atoms with Crippen molar-refractivity contribution in [2.45, 2.75) is 0 Å². The molecule has 98 valence electrons. The summed E-state index contributed by atoms with van der Waals surface area (Å²) >= 11 is 8.19. The molecule has 6 heteroatoms. The Labute approximate surface area is 129 Å². The van der Waals surface area contributed by atoms with Gasteiger partial charge in [0.25, 0.3) is 5.91 Å². The number of hydrogen-bond acceptors (Lipinski definition) is 3. The van der Waals surface area contributed by atoms with E-state index in [0.717, 1.165) is 9.26 Å². The summed E-state index contributed by atoms with van der Waals surface area (Å²) in [5.41, 5.74) is 1.11. The van der Waals surface area contributed by atoms with Gasteiger partial charge in [0.05, 0.1) is 10.6 Å². The monoisotopic (exact) mass is 387 g/mol. The van der Waals surface area contributed by atoms with Gasteiger partial charge in [-0.05, 0) is 52.9 Å². The van der Waals surface area contributed by atoms with E-state index in [9.17, 15) is 4.79 Å². The Morgan fingerprint density at radius 1 is 1.32 bits per heavy atom. The molecule has 2 aromatic rings. The number of benzene rings is 1. The number of nitrogens with one attached hydrogen (secondary N) is 2. The quantitative estimate of drug-likeness (QED) is 0.791. The van der Waals surface area contributed by atoms with Gasteiger partial charge in [-0.2, -0.15) is 0 Å². The van der Waals surface area contributed by atoms with Gasteiger partial charge in [-0.1, -0.05) is 11.6 Å². The first-order valence-corrected chi connectivity index (χ1v) is 6.96. The van der Waals surface area contributed by atoms with Gasteiger partial charge in [-0.3, -0.25) is 4.79 Å². The van der Waals surface area contributed by atoms with Crippen molar-refractivity contribution < 1.29 is 4.79 Å². The van der Waals surface area contributed by atoms with E-state index in [4.69, 9.17) is 11.6 Å². The molecular formula is C13H11ClIN3O. The van der Waals surface area contributed by atoms with Gasteiger partial charge in [-0.15, -0.1) is 0 Å². The third kappa shape index (κ3) is 3.57. The number of rotatable bonds is 3. The second-order valence-corrected chi connectivity index (χ2v) is 5.41. The lowest BCUT2D eigenvalue weighted by atomic mass is 10.2. The lowest BCUT2D eigenvalue weighted by molar-refractivity contribution is 0.102. The lowest BCUT2D eigenvalue weighted by Crippen LogP contribution is -2.13. The Bertz CT molecular complexity index is 601. The number of amides is 1. The molecule has 1 heterocycles. The van der Waals surface area contributed by atoms with Crippen LogP contribution in [0, 0.1) is 3.57 Å². The molecule has 0 unspecified atom stereocenters. The summed E-state index contributed by atoms with van der Waals surface area (Å²) in [6.07, 6.45) is 1.45. The van der Waals surface area contributed by atoms with Crippen molar-refractivity contribution in [3.8, 4) is 0 Å². The fourth-order valence-electron chi connectivity index (χ4n) is 1.48. The normalized spacial score (nSPS) is 10.1. The van der Waals surface area contributed by atoms with Crippen LogP contribution in [0.2, 0.25) is 5.02 Å². The number of hydrogen-bond donors (Lipinski definition) is 2. The van der Waals surface area contributed by atoms with Crippen molar-refractivity contribution in [3.63, 3.8) is 0 Å². The Morgan fingerprint density at radius 2 is 2.00 bits per heavy atom. The van der Waals surface area contributed by atoms with Gasteiger partial charge in [0, 0.05) is 22.5 Å². The van der Waals surface area contributed by atoms with Gasteiger partial charge in [-0.25, -0.2) is 4.98 Å². The number of aromatic nitrogens is 1. The summed E-state index contributed by atoms with van der Waals surface area (Å²) < 4.78 is 1.11. The smallest absolute Gasteiger partial charge is 0.257 e. The number of carbonyl (C=O) groups excluding carboxylic acids is 1. The zero-order chi connectivity index (χ0) is 13.8. The zero-order valence-corrected chi connectivity index (χ0v) is 13.0. The first-order chi connectivity index (χ1) is 9.10. The highest BCUT2D eigenvalue weighted by atomic mass is 127. The molecule has 0 radical (unpaired) electrons. The molecule has 1 aromatic carbocycles. The van der Waals surface area contributed by atoms with Crippen LogP contribution in [-0.4, -0.2) is 17.9 Å². The zero-order valence-electron chi connectivity index (χ0n) is 10.1. The third-order valence-corrected chi connectivity index (χ3v) is 3.48. The topological polar surface area (TPSA) is 54.0 Å². The second-order valence-electron chi connectivity index (χ2n) is 3.76. The molecule has 0 bridgehead atoms. The molecule has 0 aliphatic heterocycles. The maximum absolute atomic E-state index is 12.1. The average Bonchev–Trinajstić information content (AvgIpc) is 2.42. The van der Waals surface area contributed by atoms with Crippen LogP contribution in [0.1, 0.15) is 10.4 Å². The lowest BCUT2D eigenvalue weighted by Gasteiger charge is -2.08. The predicted molar refractivity (Wildman–Crippen MR) is 85.9 cm³/mol. The summed E-state index contributed by atoms with van der Waals surface area (Å²) in [7, 11) is 1.73. The van der Waals surface area contributed by atoms with E-state index in [0.29, 0.717) is 16.4 Å². The molecule has 0 spiro atoms. The second kappa shape index (κ2) is 6.21. The molecular weight excluding hydrogens is 377 g/mol. The number of carbonyl (C=O) groups is 1. The maximum Gasteiger partial charge on any atom is 0.257 e. The van der Waals surface area contributed by atoms with E-state index in [2.05, 4.69) is 38.2 Å². The van der Waals surface area contributed by atoms with Crippen LogP contribution >= 0.6 is 34.2 Å². The number of nitrogens with zero attached hydrogens (tertiary/aromatic N) is 1. The van der Waals surface area contributed by atoms with Crippen LogP contribution in [0.5, 0.6) is 0 Å². The fourth-order valence-corrected chi connectivity index (χ4v) is 2.03. The van der Waals surface area contributed by atoms with Gasteiger partial charge in [0.2, 0.25) is 0 Å². The van der Waals surface area contributed by atoms with Crippen molar-refractivity contribution in [3.05, 3.63) is 50.7 Å². The number of halogens is 2. The van der Waals surface area contributed by atoms with Crippen molar-refractivity contribution >= 4 is 51.6 Å². The van der Waals surface area contributed by atoms with Gasteiger partial charge < -0.3 is 10.6 Å². The van der Waals surface area contributed by atoms with Gasteiger partial charge in [0.1, 0.15) is 5.82 Å². The van der Waals surface area contributed by atoms with Crippen LogP contribution in [0.3, 0.4) is 0 Å². The Hall–Kier alpha value is -1.34. The molecule has 2 N–H and O–H groups in total. The largest absolute Gasteiger partial charge is 0.373 e. The Kier molecular flexibility index (Phi) is 4.60. The van der Waals surface area contributed by atoms with Crippen LogP contribution in [0.25, 0.3) is 0 Å². The minimum absolute atomic E-state index is 0.259. The molecule has 0 atom stereocenters. The molecule has 0 fully saturated rings. The molecule has 0 aliphatic carbocycles. The fraction of sp³-hybridized carbons (Fsp3) is 0.0769. The highest BCUT2D eigenvalue weighted by molar-refractivity contribution is 14.1. The summed E-state index contributed by atoms with van der Waals surface area (Å²) in [5.74, 6) is 0.335. The average molecular weight is 388 g/mol. The molecule has 0 aliphatic rings. The van der Waals surface area contributed by atoms with E-state index >= 15 is 0 Å². The predicted octanol–water partition coefficient (Wildman–Crippen LogP) is 3.63. The minimum atomic E-state index is -0.259.